The van der Waals surface area contributed by atoms with Crippen LogP contribution >= 0.6 is 0 Å². The van der Waals surface area contributed by atoms with E-state index in [4.69, 9.17) is 0 Å². The lowest BCUT2D eigenvalue weighted by Crippen LogP contribution is -2.26. The van der Waals surface area contributed by atoms with Crippen LogP contribution in [0.5, 0.6) is 0 Å². The van der Waals surface area contributed by atoms with Crippen LogP contribution in [0.3, 0.4) is 0 Å². The average molecular weight is 396 g/mol. The molecule has 150 valence electrons. The lowest BCUT2D eigenvalue weighted by molar-refractivity contribution is 0.0993. The van der Waals surface area contributed by atoms with Gasteiger partial charge in [0.25, 0.3) is 5.91 Å². The minimum absolute atomic E-state index is 0.0668. The fourth-order valence-electron chi connectivity index (χ4n) is 3.39. The Kier molecular flexibility index (Phi) is 5.35. The third-order valence-corrected chi connectivity index (χ3v) is 5.11. The van der Waals surface area contributed by atoms with Gasteiger partial charge in [-0.15, -0.1) is 0 Å². The molecule has 1 heterocycles. The van der Waals surface area contributed by atoms with Gasteiger partial charge in [0.1, 0.15) is 0 Å². The average Bonchev–Trinajstić information content (AvgIpc) is 3.29. The minimum Gasteiger partial charge on any atom is -0.378 e. The number of rotatable bonds is 5. The molecule has 1 amide bonds. The number of anilines is 2. The summed E-state index contributed by atoms with van der Waals surface area (Å²) in [5.41, 5.74) is 5.45. The molecule has 5 nitrogen and oxygen atoms in total. The van der Waals surface area contributed by atoms with Gasteiger partial charge in [0.05, 0.1) is 17.6 Å². The smallest absolute Gasteiger partial charge is 0.258 e. The summed E-state index contributed by atoms with van der Waals surface area (Å²) in [7, 11) is 5.78. The van der Waals surface area contributed by atoms with Gasteiger partial charge in [0.2, 0.25) is 0 Å². The van der Waals surface area contributed by atoms with E-state index >= 15 is 0 Å². The molecule has 5 heteroatoms. The first kappa shape index (κ1) is 19.5. The van der Waals surface area contributed by atoms with Crippen LogP contribution in [0, 0.1) is 0 Å². The van der Waals surface area contributed by atoms with Crippen molar-refractivity contribution in [2.75, 3.05) is 30.9 Å². The van der Waals surface area contributed by atoms with Gasteiger partial charge in [0.15, 0.2) is 0 Å². The summed E-state index contributed by atoms with van der Waals surface area (Å²) in [6, 6.07) is 27.6. The zero-order chi connectivity index (χ0) is 21.1. The maximum atomic E-state index is 13.1. The maximum absolute atomic E-state index is 13.1. The first-order valence-corrected chi connectivity index (χ1v) is 9.80. The van der Waals surface area contributed by atoms with E-state index in [1.165, 1.54) is 0 Å². The maximum Gasteiger partial charge on any atom is 0.258 e. The van der Waals surface area contributed by atoms with Crippen molar-refractivity contribution in [1.29, 1.82) is 0 Å². The first-order chi connectivity index (χ1) is 14.5. The molecule has 0 spiro atoms. The molecule has 0 bridgehead atoms. The number of hydrogen-bond donors (Lipinski definition) is 0. The van der Waals surface area contributed by atoms with Crippen molar-refractivity contribution < 1.29 is 4.79 Å². The Labute approximate surface area is 176 Å². The van der Waals surface area contributed by atoms with Crippen LogP contribution in [0.4, 0.5) is 11.4 Å². The second-order valence-electron chi connectivity index (χ2n) is 7.32. The van der Waals surface area contributed by atoms with Gasteiger partial charge in [-0.05, 0) is 48.5 Å². The molecule has 0 radical (unpaired) electrons. The molecule has 3 aromatic carbocycles. The SMILES string of the molecule is CN(C)c1ccc(N(C)C(=O)c2cccc(-n3nccc3-c3ccccc3)c2)cc1. The Morgan fingerprint density at radius 1 is 0.800 bits per heavy atom. The highest BCUT2D eigenvalue weighted by Crippen LogP contribution is 2.24. The van der Waals surface area contributed by atoms with Crippen LogP contribution in [0.15, 0.2) is 91.1 Å². The number of carbonyl (C=O) groups is 1. The standard InChI is InChI=1S/C25H24N4O/c1-27(2)21-12-14-22(15-13-21)28(3)25(30)20-10-7-11-23(18-20)29-24(16-17-26-29)19-8-5-4-6-9-19/h4-18H,1-3H3. The van der Waals surface area contributed by atoms with E-state index in [0.717, 1.165) is 28.3 Å². The van der Waals surface area contributed by atoms with E-state index in [1.807, 2.05) is 109 Å². The summed E-state index contributed by atoms with van der Waals surface area (Å²) in [4.78, 5) is 16.8. The molecule has 0 saturated carbocycles. The summed E-state index contributed by atoms with van der Waals surface area (Å²) in [5.74, 6) is -0.0668. The fourth-order valence-corrected chi connectivity index (χ4v) is 3.39. The summed E-state index contributed by atoms with van der Waals surface area (Å²) in [5, 5.41) is 4.48. The van der Waals surface area contributed by atoms with Crippen molar-refractivity contribution in [3.05, 3.63) is 96.7 Å². The van der Waals surface area contributed by atoms with Crippen molar-refractivity contribution in [3.63, 3.8) is 0 Å². The van der Waals surface area contributed by atoms with Crippen LogP contribution < -0.4 is 9.80 Å². The van der Waals surface area contributed by atoms with Gasteiger partial charge < -0.3 is 9.80 Å². The van der Waals surface area contributed by atoms with Crippen LogP contribution in [0.1, 0.15) is 10.4 Å². The lowest BCUT2D eigenvalue weighted by Gasteiger charge is -2.20. The van der Waals surface area contributed by atoms with E-state index in [0.29, 0.717) is 5.56 Å². The number of nitrogens with zero attached hydrogens (tertiary/aromatic N) is 4. The molecule has 0 atom stereocenters. The Balaban J connectivity index is 1.63. The second kappa shape index (κ2) is 8.25. The predicted octanol–water partition coefficient (Wildman–Crippen LogP) is 4.88. The highest BCUT2D eigenvalue weighted by atomic mass is 16.2. The quantitative estimate of drug-likeness (QED) is 0.483. The number of amides is 1. The van der Waals surface area contributed by atoms with E-state index in [1.54, 1.807) is 18.1 Å². The van der Waals surface area contributed by atoms with Gasteiger partial charge in [-0.3, -0.25) is 4.79 Å². The monoisotopic (exact) mass is 396 g/mol. The zero-order valence-electron chi connectivity index (χ0n) is 17.4. The van der Waals surface area contributed by atoms with Gasteiger partial charge in [-0.2, -0.15) is 5.10 Å². The normalized spacial score (nSPS) is 10.6. The molecular weight excluding hydrogens is 372 g/mol. The summed E-state index contributed by atoms with van der Waals surface area (Å²) < 4.78 is 1.86. The van der Waals surface area contributed by atoms with Crippen LogP contribution in [-0.2, 0) is 0 Å². The summed E-state index contributed by atoms with van der Waals surface area (Å²) in [6.07, 6.45) is 1.77. The Bertz CT molecular complexity index is 1150. The lowest BCUT2D eigenvalue weighted by atomic mass is 10.1. The molecule has 1 aromatic heterocycles. The Morgan fingerprint density at radius 3 is 2.20 bits per heavy atom. The summed E-state index contributed by atoms with van der Waals surface area (Å²) in [6.45, 7) is 0. The Hall–Kier alpha value is -3.86. The van der Waals surface area contributed by atoms with Gasteiger partial charge in [-0.1, -0.05) is 36.4 Å². The predicted molar refractivity (Wildman–Crippen MR) is 123 cm³/mol. The van der Waals surface area contributed by atoms with Gasteiger partial charge in [0, 0.05) is 43.6 Å². The molecule has 0 unspecified atom stereocenters. The largest absolute Gasteiger partial charge is 0.378 e. The van der Waals surface area contributed by atoms with Crippen molar-refractivity contribution in [1.82, 2.24) is 9.78 Å². The first-order valence-electron chi connectivity index (χ1n) is 9.80. The molecule has 0 fully saturated rings. The zero-order valence-corrected chi connectivity index (χ0v) is 17.4. The van der Waals surface area contributed by atoms with E-state index in [9.17, 15) is 4.79 Å². The number of aromatic nitrogens is 2. The molecule has 0 saturated heterocycles. The third kappa shape index (κ3) is 3.82. The molecule has 30 heavy (non-hydrogen) atoms. The molecule has 0 aliphatic heterocycles. The number of benzene rings is 3. The van der Waals surface area contributed by atoms with E-state index < -0.39 is 0 Å². The highest BCUT2D eigenvalue weighted by Gasteiger charge is 2.15. The fraction of sp³-hybridized carbons (Fsp3) is 0.120. The number of carbonyl (C=O) groups excluding carboxylic acids is 1. The minimum atomic E-state index is -0.0668. The van der Waals surface area contributed by atoms with Crippen LogP contribution in [0.2, 0.25) is 0 Å². The van der Waals surface area contributed by atoms with Crippen molar-refractivity contribution >= 4 is 17.3 Å². The van der Waals surface area contributed by atoms with Crippen molar-refractivity contribution in [2.45, 2.75) is 0 Å². The summed E-state index contributed by atoms with van der Waals surface area (Å²) >= 11 is 0. The van der Waals surface area contributed by atoms with E-state index in [-0.39, 0.29) is 5.91 Å². The third-order valence-electron chi connectivity index (χ3n) is 5.11. The van der Waals surface area contributed by atoms with Crippen LogP contribution in [0.25, 0.3) is 16.9 Å². The van der Waals surface area contributed by atoms with E-state index in [2.05, 4.69) is 5.10 Å². The van der Waals surface area contributed by atoms with Crippen LogP contribution in [-0.4, -0.2) is 36.8 Å². The van der Waals surface area contributed by atoms with Gasteiger partial charge in [-0.25, -0.2) is 4.68 Å². The molecule has 0 aliphatic carbocycles. The molecule has 4 rings (SSSR count). The Morgan fingerprint density at radius 2 is 1.50 bits per heavy atom. The molecule has 0 aliphatic rings. The molecular formula is C25H24N4O. The second-order valence-corrected chi connectivity index (χ2v) is 7.32. The number of hydrogen-bond acceptors (Lipinski definition) is 3. The van der Waals surface area contributed by atoms with Gasteiger partial charge >= 0.3 is 0 Å². The molecule has 4 aromatic rings. The highest BCUT2D eigenvalue weighted by molar-refractivity contribution is 6.06. The topological polar surface area (TPSA) is 41.4 Å². The van der Waals surface area contributed by atoms with Crippen molar-refractivity contribution in [2.24, 2.45) is 0 Å². The molecule has 0 N–H and O–H groups in total. The van der Waals surface area contributed by atoms with Crippen molar-refractivity contribution in [3.8, 4) is 16.9 Å².